The second-order valence-corrected chi connectivity index (χ2v) is 14.6. The molecule has 0 aromatic heterocycles. The lowest BCUT2D eigenvalue weighted by Crippen LogP contribution is -2.60. The van der Waals surface area contributed by atoms with Crippen LogP contribution in [0.4, 0.5) is 59.7 Å². The van der Waals surface area contributed by atoms with E-state index in [1.807, 2.05) is 0 Å². The number of fused-ring (bicyclic) bond motifs is 4. The third kappa shape index (κ3) is 5.18. The summed E-state index contributed by atoms with van der Waals surface area (Å²) in [6, 6.07) is 3.53. The van der Waals surface area contributed by atoms with Crippen LogP contribution in [-0.2, 0) is 31.5 Å². The summed E-state index contributed by atoms with van der Waals surface area (Å²) in [5, 5.41) is 11.2. The molecule has 3 fully saturated rings. The molecule has 296 valence electrons. The number of ether oxygens (including phenoxy) is 1. The van der Waals surface area contributed by atoms with E-state index in [1.54, 1.807) is 0 Å². The number of benzene rings is 3. The van der Waals surface area contributed by atoms with Gasteiger partial charge in [-0.05, 0) is 49.1 Å². The minimum absolute atomic E-state index is 0.0956. The highest BCUT2D eigenvalue weighted by Crippen LogP contribution is 2.67. The topological polar surface area (TPSA) is 104 Å². The lowest BCUT2D eigenvalue weighted by molar-refractivity contribution is -0.143. The molecule has 8 nitrogen and oxygen atoms in total. The lowest BCUT2D eigenvalue weighted by Gasteiger charge is -2.50. The molecule has 1 saturated carbocycles. The van der Waals surface area contributed by atoms with Gasteiger partial charge in [0.2, 0.25) is 17.6 Å². The van der Waals surface area contributed by atoms with Gasteiger partial charge in [0.1, 0.15) is 17.2 Å². The number of aromatic hydroxyl groups is 1. The van der Waals surface area contributed by atoms with Crippen molar-refractivity contribution in [3.63, 3.8) is 0 Å². The molecule has 0 spiro atoms. The van der Waals surface area contributed by atoms with Crippen molar-refractivity contribution in [3.8, 4) is 11.5 Å². The van der Waals surface area contributed by atoms with Crippen LogP contribution >= 0.6 is 23.2 Å². The first-order valence-electron chi connectivity index (χ1n) is 15.9. The van der Waals surface area contributed by atoms with Crippen LogP contribution in [0.5, 0.6) is 11.5 Å². The molecule has 2 aliphatic carbocycles. The number of alkyl halides is 8. The lowest BCUT2D eigenvalue weighted by atomic mass is 9.56. The molecule has 0 unspecified atom stereocenters. The first-order chi connectivity index (χ1) is 25.9. The largest absolute Gasteiger partial charge is 0.508 e. The molecule has 21 heteroatoms. The van der Waals surface area contributed by atoms with Gasteiger partial charge in [-0.15, -0.1) is 23.2 Å². The van der Waals surface area contributed by atoms with Gasteiger partial charge in [0, 0.05) is 11.5 Å². The number of carbonyl (C=O) groups excluding carboxylic acids is 4. The molecule has 1 N–H and O–H groups in total. The molecule has 4 amide bonds. The quantitative estimate of drug-likeness (QED) is 0.0716. The van der Waals surface area contributed by atoms with Gasteiger partial charge >= 0.3 is 12.4 Å². The van der Waals surface area contributed by atoms with Crippen LogP contribution in [0.2, 0.25) is 0 Å². The Balaban J connectivity index is 1.44. The van der Waals surface area contributed by atoms with E-state index >= 15 is 8.78 Å². The Hall–Kier alpha value is -4.91. The summed E-state index contributed by atoms with van der Waals surface area (Å²) in [6.45, 7) is 0. The summed E-state index contributed by atoms with van der Waals surface area (Å²) in [4.78, 5) is 50.3. The summed E-state index contributed by atoms with van der Waals surface area (Å²) in [7, 11) is 1.07. The number of halogens is 13. The molecular weight excluding hydrogens is 824 g/mol. The van der Waals surface area contributed by atoms with E-state index in [0.717, 1.165) is 13.2 Å². The Labute approximate surface area is 316 Å². The highest BCUT2D eigenvalue weighted by Gasteiger charge is 2.77. The van der Waals surface area contributed by atoms with E-state index in [4.69, 9.17) is 27.9 Å². The Morgan fingerprint density at radius 3 is 1.86 bits per heavy atom. The highest BCUT2D eigenvalue weighted by molar-refractivity contribution is 6.58. The molecule has 0 bridgehead atoms. The predicted octanol–water partition coefficient (Wildman–Crippen LogP) is 7.90. The standard InChI is InChI=1S/C35H19Cl2F11N2O6/c1-56-18-4-2-3-17(51)20(18)21-14-5-6-15-19(29(53)49(28(15)52)13-8-11(34(43,44)45)7-12(9-13)35(46,47)48)16(14)10-32(36)30(54)50(31(55)33(21,32)37)27-25(41)23(39)22(38)24(40)26(27)42/h2-5,7-9,15-16,19,21,51H,6,10H2,1H3/t15-,16+,19-,21+,32+,33-/m0/s1. The van der Waals surface area contributed by atoms with Crippen molar-refractivity contribution in [2.45, 2.75) is 40.9 Å². The number of amides is 4. The van der Waals surface area contributed by atoms with E-state index in [0.29, 0.717) is 0 Å². The summed E-state index contributed by atoms with van der Waals surface area (Å²) < 4.78 is 161. The number of allylic oxidation sites excluding steroid dienone is 2. The molecule has 2 saturated heterocycles. The fourth-order valence-corrected chi connectivity index (χ4v) is 9.12. The van der Waals surface area contributed by atoms with Gasteiger partial charge in [-0.25, -0.2) is 31.8 Å². The molecule has 3 aromatic rings. The van der Waals surface area contributed by atoms with E-state index < -0.39 is 150 Å². The first-order valence-corrected chi connectivity index (χ1v) is 16.7. The number of hydrogen-bond acceptors (Lipinski definition) is 6. The smallest absolute Gasteiger partial charge is 0.416 e. The zero-order valence-electron chi connectivity index (χ0n) is 27.6. The third-order valence-electron chi connectivity index (χ3n) is 10.6. The number of imide groups is 2. The van der Waals surface area contributed by atoms with Crippen LogP contribution in [0.3, 0.4) is 0 Å². The normalized spacial score (nSPS) is 27.7. The van der Waals surface area contributed by atoms with Crippen molar-refractivity contribution >= 4 is 58.2 Å². The summed E-state index contributed by atoms with van der Waals surface area (Å²) in [5.74, 6) is -27.5. The van der Waals surface area contributed by atoms with E-state index in [2.05, 4.69) is 0 Å². The minimum Gasteiger partial charge on any atom is -0.508 e. The maximum absolute atomic E-state index is 15.3. The number of carbonyl (C=O) groups is 4. The van der Waals surface area contributed by atoms with Crippen LogP contribution in [0.25, 0.3) is 0 Å². The Kier molecular flexibility index (Phi) is 8.81. The molecule has 0 radical (unpaired) electrons. The Morgan fingerprint density at radius 2 is 1.32 bits per heavy atom. The molecule has 2 aliphatic heterocycles. The van der Waals surface area contributed by atoms with Crippen LogP contribution < -0.4 is 14.5 Å². The zero-order valence-corrected chi connectivity index (χ0v) is 29.1. The maximum Gasteiger partial charge on any atom is 0.416 e. The molecular formula is C35H19Cl2F11N2O6. The van der Waals surface area contributed by atoms with Gasteiger partial charge in [0.15, 0.2) is 33.0 Å². The molecule has 3 aromatic carbocycles. The van der Waals surface area contributed by atoms with E-state index in [-0.39, 0.29) is 34.4 Å². The molecule has 4 aliphatic rings. The average Bonchev–Trinajstić information content (AvgIpc) is 3.47. The van der Waals surface area contributed by atoms with E-state index in [9.17, 15) is 63.8 Å². The number of methoxy groups -OCH3 is 1. The molecule has 6 atom stereocenters. The van der Waals surface area contributed by atoms with E-state index in [1.165, 1.54) is 18.2 Å². The first kappa shape index (κ1) is 39.3. The number of phenolic OH excluding ortho intramolecular Hbond substituents is 1. The number of phenols is 1. The number of hydrogen-bond donors (Lipinski definition) is 1. The van der Waals surface area contributed by atoms with Crippen molar-refractivity contribution < 1.29 is 77.3 Å². The zero-order chi connectivity index (χ0) is 41.4. The van der Waals surface area contributed by atoms with Crippen molar-refractivity contribution in [1.29, 1.82) is 0 Å². The SMILES string of the molecule is COc1cccc(O)c1[C@H]1C2=CC[C@@H]3C(=O)N(c4cc(C(F)(F)F)cc(C(F)(F)F)c4)C(=O)[C@@H]3[C@@H]2C[C@@]2(Cl)C(=O)N(c3c(F)c(F)c(F)c(F)c3F)C(=O)[C@@]12Cl. The van der Waals surface area contributed by atoms with Crippen molar-refractivity contribution in [2.75, 3.05) is 16.9 Å². The van der Waals surface area contributed by atoms with Crippen LogP contribution in [-0.4, -0.2) is 45.6 Å². The molecule has 2 heterocycles. The highest BCUT2D eigenvalue weighted by atomic mass is 35.5. The second kappa shape index (κ2) is 12.5. The molecule has 56 heavy (non-hydrogen) atoms. The number of nitrogens with zero attached hydrogens (tertiary/aromatic N) is 2. The maximum atomic E-state index is 15.3. The van der Waals surface area contributed by atoms with Gasteiger partial charge in [-0.3, -0.25) is 19.2 Å². The Morgan fingerprint density at radius 1 is 0.768 bits per heavy atom. The third-order valence-corrected chi connectivity index (χ3v) is 12.0. The number of anilines is 2. The van der Waals surface area contributed by atoms with Gasteiger partial charge in [0.05, 0.1) is 35.8 Å². The Bertz CT molecular complexity index is 2270. The van der Waals surface area contributed by atoms with Crippen molar-refractivity contribution in [1.82, 2.24) is 0 Å². The fraction of sp³-hybridized carbons (Fsp3) is 0.314. The minimum atomic E-state index is -5.39. The average molecular weight is 843 g/mol. The van der Waals surface area contributed by atoms with Gasteiger partial charge in [0.25, 0.3) is 11.8 Å². The van der Waals surface area contributed by atoms with Crippen molar-refractivity contribution in [3.05, 3.63) is 93.8 Å². The second-order valence-electron chi connectivity index (χ2n) is 13.4. The summed E-state index contributed by atoms with van der Waals surface area (Å²) >= 11 is 14.0. The van der Waals surface area contributed by atoms with Crippen LogP contribution in [0, 0.1) is 46.8 Å². The molecule has 7 rings (SSSR count). The van der Waals surface area contributed by atoms with Gasteiger partial charge < -0.3 is 9.84 Å². The monoisotopic (exact) mass is 842 g/mol. The van der Waals surface area contributed by atoms with Gasteiger partial charge in [-0.1, -0.05) is 17.7 Å². The van der Waals surface area contributed by atoms with Crippen LogP contribution in [0.15, 0.2) is 48.0 Å². The van der Waals surface area contributed by atoms with Crippen LogP contribution in [0.1, 0.15) is 35.4 Å². The van der Waals surface area contributed by atoms with Gasteiger partial charge in [-0.2, -0.15) is 26.3 Å². The fourth-order valence-electron chi connectivity index (χ4n) is 8.21. The summed E-state index contributed by atoms with van der Waals surface area (Å²) in [5.41, 5.74) is -7.56. The number of rotatable bonds is 4. The van der Waals surface area contributed by atoms with Crippen molar-refractivity contribution in [2.24, 2.45) is 17.8 Å². The predicted molar refractivity (Wildman–Crippen MR) is 170 cm³/mol. The summed E-state index contributed by atoms with van der Waals surface area (Å²) in [6.07, 6.45) is -11.1.